The van der Waals surface area contributed by atoms with Crippen molar-refractivity contribution in [3.63, 3.8) is 0 Å². The molecule has 1 rings (SSSR count). The van der Waals surface area contributed by atoms with E-state index in [0.717, 1.165) is 12.0 Å². The van der Waals surface area contributed by atoms with E-state index in [0.29, 0.717) is 18.5 Å². The van der Waals surface area contributed by atoms with E-state index >= 15 is 0 Å². The van der Waals surface area contributed by atoms with Crippen LogP contribution in [0, 0.1) is 12.8 Å². The Labute approximate surface area is 113 Å². The summed E-state index contributed by atoms with van der Waals surface area (Å²) in [5, 5.41) is 11.4. The smallest absolute Gasteiger partial charge is 0.303 e. The van der Waals surface area contributed by atoms with Crippen LogP contribution in [0.1, 0.15) is 42.1 Å². The number of rotatable bonds is 7. The Morgan fingerprint density at radius 2 is 2.11 bits per heavy atom. The quantitative estimate of drug-likeness (QED) is 0.789. The molecule has 0 radical (unpaired) electrons. The van der Waals surface area contributed by atoms with Crippen molar-refractivity contribution >= 4 is 11.9 Å². The highest BCUT2D eigenvalue weighted by molar-refractivity contribution is 5.93. The maximum Gasteiger partial charge on any atom is 0.303 e. The van der Waals surface area contributed by atoms with Gasteiger partial charge in [-0.25, -0.2) is 0 Å². The van der Waals surface area contributed by atoms with E-state index in [1.54, 1.807) is 12.3 Å². The molecule has 19 heavy (non-hydrogen) atoms. The van der Waals surface area contributed by atoms with Gasteiger partial charge in [0, 0.05) is 25.4 Å². The number of carboxylic acids is 1. The summed E-state index contributed by atoms with van der Waals surface area (Å²) < 4.78 is 0. The number of carbonyl (C=O) groups excluding carboxylic acids is 1. The molecule has 0 aromatic carbocycles. The summed E-state index contributed by atoms with van der Waals surface area (Å²) in [6.07, 6.45) is 4.83. The Bertz CT molecular complexity index is 446. The fourth-order valence-corrected chi connectivity index (χ4v) is 1.73. The average molecular weight is 264 g/mol. The van der Waals surface area contributed by atoms with Gasteiger partial charge in [0.25, 0.3) is 5.91 Å². The number of aliphatic carboxylic acids is 1. The van der Waals surface area contributed by atoms with Crippen LogP contribution < -0.4 is 5.32 Å². The van der Waals surface area contributed by atoms with E-state index in [1.165, 1.54) is 6.20 Å². The Hall–Kier alpha value is -1.91. The third-order valence-corrected chi connectivity index (χ3v) is 2.91. The van der Waals surface area contributed by atoms with Crippen LogP contribution in [0.4, 0.5) is 0 Å². The number of nitrogens with zero attached hydrogens (tertiary/aromatic N) is 1. The fourth-order valence-electron chi connectivity index (χ4n) is 1.73. The van der Waals surface area contributed by atoms with Gasteiger partial charge in [0.2, 0.25) is 0 Å². The summed E-state index contributed by atoms with van der Waals surface area (Å²) in [5.74, 6) is -0.629. The first kappa shape index (κ1) is 15.1. The van der Waals surface area contributed by atoms with Crippen LogP contribution in [0.15, 0.2) is 18.5 Å². The molecule has 1 aromatic heterocycles. The van der Waals surface area contributed by atoms with E-state index in [1.807, 2.05) is 13.8 Å². The van der Waals surface area contributed by atoms with Crippen molar-refractivity contribution in [2.75, 3.05) is 6.54 Å². The molecule has 0 saturated heterocycles. The molecule has 2 N–H and O–H groups in total. The second-order valence-corrected chi connectivity index (χ2v) is 4.83. The van der Waals surface area contributed by atoms with Crippen LogP contribution in [0.25, 0.3) is 0 Å². The number of carbonyl (C=O) groups is 2. The third kappa shape index (κ3) is 5.99. The van der Waals surface area contributed by atoms with E-state index in [2.05, 4.69) is 10.3 Å². The van der Waals surface area contributed by atoms with Gasteiger partial charge >= 0.3 is 5.97 Å². The number of pyridine rings is 1. The third-order valence-electron chi connectivity index (χ3n) is 2.91. The van der Waals surface area contributed by atoms with Crippen molar-refractivity contribution in [1.82, 2.24) is 10.3 Å². The normalized spacial score (nSPS) is 11.9. The minimum atomic E-state index is -0.776. The number of nitrogens with one attached hydrogen (secondary N) is 1. The molecule has 0 saturated carbocycles. The molecule has 0 aliphatic heterocycles. The first-order valence-corrected chi connectivity index (χ1v) is 6.40. The Balaban J connectivity index is 2.29. The molecule has 1 unspecified atom stereocenters. The zero-order valence-corrected chi connectivity index (χ0v) is 11.3. The van der Waals surface area contributed by atoms with E-state index in [4.69, 9.17) is 5.11 Å². The maximum atomic E-state index is 11.8. The number of hydrogen-bond donors (Lipinski definition) is 2. The molecular weight excluding hydrogens is 244 g/mol. The second-order valence-electron chi connectivity index (χ2n) is 4.83. The molecule has 1 amide bonds. The number of hydrogen-bond acceptors (Lipinski definition) is 3. The average Bonchev–Trinajstić information content (AvgIpc) is 2.36. The first-order chi connectivity index (χ1) is 8.99. The molecule has 0 fully saturated rings. The SMILES string of the molecule is Cc1cncc(C(=O)NCCC(C)CCC(=O)O)c1. The number of amides is 1. The van der Waals surface area contributed by atoms with Crippen LogP contribution >= 0.6 is 0 Å². The van der Waals surface area contributed by atoms with Gasteiger partial charge in [0.15, 0.2) is 0 Å². The van der Waals surface area contributed by atoms with Gasteiger partial charge in [-0.3, -0.25) is 14.6 Å². The van der Waals surface area contributed by atoms with Crippen molar-refractivity contribution in [2.24, 2.45) is 5.92 Å². The summed E-state index contributed by atoms with van der Waals surface area (Å²) in [5.41, 5.74) is 1.50. The predicted molar refractivity (Wildman–Crippen MR) is 72.0 cm³/mol. The van der Waals surface area contributed by atoms with Gasteiger partial charge in [-0.05, 0) is 37.3 Å². The largest absolute Gasteiger partial charge is 0.481 e. The first-order valence-electron chi connectivity index (χ1n) is 6.40. The van der Waals surface area contributed by atoms with E-state index in [9.17, 15) is 9.59 Å². The molecular formula is C14H20N2O3. The molecule has 0 spiro atoms. The van der Waals surface area contributed by atoms with Crippen LogP contribution in [-0.4, -0.2) is 28.5 Å². The van der Waals surface area contributed by atoms with Gasteiger partial charge in [0.05, 0.1) is 5.56 Å². The van der Waals surface area contributed by atoms with Crippen molar-refractivity contribution in [2.45, 2.75) is 33.1 Å². The van der Waals surface area contributed by atoms with Crippen molar-refractivity contribution < 1.29 is 14.7 Å². The maximum absolute atomic E-state index is 11.8. The highest BCUT2D eigenvalue weighted by atomic mass is 16.4. The summed E-state index contributed by atoms with van der Waals surface area (Å²) in [6.45, 7) is 4.43. The lowest BCUT2D eigenvalue weighted by Gasteiger charge is -2.10. The zero-order chi connectivity index (χ0) is 14.3. The van der Waals surface area contributed by atoms with Gasteiger partial charge < -0.3 is 10.4 Å². The Morgan fingerprint density at radius 1 is 1.37 bits per heavy atom. The summed E-state index contributed by atoms with van der Waals surface area (Å²) in [4.78, 5) is 26.2. The number of carboxylic acid groups (broad SMARTS) is 1. The topological polar surface area (TPSA) is 79.3 Å². The van der Waals surface area contributed by atoms with Gasteiger partial charge in [-0.15, -0.1) is 0 Å². The van der Waals surface area contributed by atoms with Crippen molar-refractivity contribution in [3.8, 4) is 0 Å². The zero-order valence-electron chi connectivity index (χ0n) is 11.3. The molecule has 1 atom stereocenters. The summed E-state index contributed by atoms with van der Waals surface area (Å²) in [7, 11) is 0. The monoisotopic (exact) mass is 264 g/mol. The molecule has 5 nitrogen and oxygen atoms in total. The van der Waals surface area contributed by atoms with Gasteiger partial charge in [0.1, 0.15) is 0 Å². The standard InChI is InChI=1S/C14H20N2O3/c1-10(3-4-13(17)18)5-6-16-14(19)12-7-11(2)8-15-9-12/h7-10H,3-6H2,1-2H3,(H,16,19)(H,17,18). The number of aromatic nitrogens is 1. The molecule has 104 valence electrons. The number of aryl methyl sites for hydroxylation is 1. The molecule has 0 aliphatic carbocycles. The van der Waals surface area contributed by atoms with Gasteiger partial charge in [-0.2, -0.15) is 0 Å². The highest BCUT2D eigenvalue weighted by Gasteiger charge is 2.08. The lowest BCUT2D eigenvalue weighted by atomic mass is 10.0. The van der Waals surface area contributed by atoms with Crippen LogP contribution in [0.5, 0.6) is 0 Å². The molecule has 0 aliphatic rings. The van der Waals surface area contributed by atoms with E-state index in [-0.39, 0.29) is 18.2 Å². The molecule has 1 aromatic rings. The Morgan fingerprint density at radius 3 is 2.74 bits per heavy atom. The molecule has 1 heterocycles. The fraction of sp³-hybridized carbons (Fsp3) is 0.500. The summed E-state index contributed by atoms with van der Waals surface area (Å²) in [6, 6.07) is 1.79. The second kappa shape index (κ2) is 7.51. The van der Waals surface area contributed by atoms with Crippen molar-refractivity contribution in [1.29, 1.82) is 0 Å². The van der Waals surface area contributed by atoms with Crippen LogP contribution in [-0.2, 0) is 4.79 Å². The minimum absolute atomic E-state index is 0.137. The summed E-state index contributed by atoms with van der Waals surface area (Å²) >= 11 is 0. The van der Waals surface area contributed by atoms with E-state index < -0.39 is 5.97 Å². The lowest BCUT2D eigenvalue weighted by molar-refractivity contribution is -0.137. The molecule has 5 heteroatoms. The van der Waals surface area contributed by atoms with Crippen molar-refractivity contribution in [3.05, 3.63) is 29.6 Å². The van der Waals surface area contributed by atoms with Crippen LogP contribution in [0.3, 0.4) is 0 Å². The minimum Gasteiger partial charge on any atom is -0.481 e. The highest BCUT2D eigenvalue weighted by Crippen LogP contribution is 2.09. The predicted octanol–water partition coefficient (Wildman–Crippen LogP) is 2.01. The Kier molecular flexibility index (Phi) is 5.99. The molecule has 0 bridgehead atoms. The lowest BCUT2D eigenvalue weighted by Crippen LogP contribution is -2.25. The van der Waals surface area contributed by atoms with Gasteiger partial charge in [-0.1, -0.05) is 6.92 Å². The van der Waals surface area contributed by atoms with Crippen LogP contribution in [0.2, 0.25) is 0 Å².